The first-order chi connectivity index (χ1) is 13.8. The fourth-order valence-corrected chi connectivity index (χ4v) is 3.79. The quantitative estimate of drug-likeness (QED) is 0.568. The zero-order valence-corrected chi connectivity index (χ0v) is 16.3. The molecular formula is C21H20N4O4. The van der Waals surface area contributed by atoms with Crippen molar-refractivity contribution in [3.05, 3.63) is 68.9 Å². The summed E-state index contributed by atoms with van der Waals surface area (Å²) in [6, 6.07) is 12.4. The maximum atomic E-state index is 13.5. The average molecular weight is 392 g/mol. The van der Waals surface area contributed by atoms with E-state index in [0.717, 1.165) is 15.6 Å². The minimum atomic E-state index is -0.678. The number of ether oxygens (including phenoxy) is 1. The minimum Gasteiger partial charge on any atom is -0.497 e. The Balaban J connectivity index is 2.28. The van der Waals surface area contributed by atoms with Gasteiger partial charge in [-0.1, -0.05) is 18.2 Å². The molecule has 2 N–H and O–H groups in total. The molecule has 1 amide bonds. The summed E-state index contributed by atoms with van der Waals surface area (Å²) in [5.41, 5.74) is 6.97. The first kappa shape index (κ1) is 18.5. The topological polar surface area (TPSA) is 101 Å². The third-order valence-electron chi connectivity index (χ3n) is 5.15. The maximum absolute atomic E-state index is 13.5. The smallest absolute Gasteiger partial charge is 0.336 e. The van der Waals surface area contributed by atoms with Crippen LogP contribution in [0.25, 0.3) is 27.6 Å². The zero-order valence-electron chi connectivity index (χ0n) is 16.3. The van der Waals surface area contributed by atoms with Crippen LogP contribution in [0.4, 0.5) is 0 Å². The first-order valence-electron chi connectivity index (χ1n) is 9.01. The number of methoxy groups -OCH3 is 1. The average Bonchev–Trinajstić information content (AvgIpc) is 2.98. The molecule has 4 aromatic rings. The predicted octanol–water partition coefficient (Wildman–Crippen LogP) is 1.45. The van der Waals surface area contributed by atoms with E-state index in [1.807, 2.05) is 25.1 Å². The van der Waals surface area contributed by atoms with Gasteiger partial charge in [-0.2, -0.15) is 0 Å². The van der Waals surface area contributed by atoms with Gasteiger partial charge in [0.05, 0.1) is 23.8 Å². The van der Waals surface area contributed by atoms with Crippen LogP contribution in [0.2, 0.25) is 0 Å². The van der Waals surface area contributed by atoms with Crippen molar-refractivity contribution in [2.75, 3.05) is 7.11 Å². The highest BCUT2D eigenvalue weighted by molar-refractivity contribution is 6.06. The fourth-order valence-electron chi connectivity index (χ4n) is 3.79. The molecule has 0 aliphatic rings. The van der Waals surface area contributed by atoms with Crippen LogP contribution >= 0.6 is 0 Å². The largest absolute Gasteiger partial charge is 0.497 e. The normalized spacial score (nSPS) is 11.3. The Kier molecular flexibility index (Phi) is 4.26. The van der Waals surface area contributed by atoms with Crippen LogP contribution in [0.3, 0.4) is 0 Å². The lowest BCUT2D eigenvalue weighted by atomic mass is 10.2. The number of carbonyl (C=O) groups excluding carboxylic acids is 1. The standard InChI is InChI=1S/C21H20N4O4/c1-12-6-4-5-7-15(12)25-20(27)19-18(24(21(25)28)11-17(22)26)14-10-13(29-3)8-9-16(14)23(19)2/h4-10H,11H2,1-3H3,(H2,22,26). The van der Waals surface area contributed by atoms with Gasteiger partial charge in [-0.15, -0.1) is 0 Å². The van der Waals surface area contributed by atoms with Gasteiger partial charge in [-0.3, -0.25) is 14.2 Å². The highest BCUT2D eigenvalue weighted by atomic mass is 16.5. The van der Waals surface area contributed by atoms with Crippen molar-refractivity contribution in [3.8, 4) is 11.4 Å². The molecule has 2 heterocycles. The van der Waals surface area contributed by atoms with E-state index < -0.39 is 17.2 Å². The summed E-state index contributed by atoms with van der Waals surface area (Å²) >= 11 is 0. The summed E-state index contributed by atoms with van der Waals surface area (Å²) in [6.45, 7) is 1.47. The van der Waals surface area contributed by atoms with E-state index >= 15 is 0 Å². The second-order valence-corrected chi connectivity index (χ2v) is 6.90. The maximum Gasteiger partial charge on any atom is 0.336 e. The van der Waals surface area contributed by atoms with E-state index in [-0.39, 0.29) is 6.54 Å². The molecule has 0 fully saturated rings. The van der Waals surface area contributed by atoms with Gasteiger partial charge in [0.1, 0.15) is 17.8 Å². The highest BCUT2D eigenvalue weighted by Gasteiger charge is 2.22. The molecule has 4 rings (SSSR count). The van der Waals surface area contributed by atoms with E-state index in [1.54, 1.807) is 35.9 Å². The highest BCUT2D eigenvalue weighted by Crippen LogP contribution is 2.29. The van der Waals surface area contributed by atoms with E-state index in [0.29, 0.717) is 27.9 Å². The number of primary amides is 1. The number of para-hydroxylation sites is 1. The van der Waals surface area contributed by atoms with Crippen LogP contribution in [0, 0.1) is 6.92 Å². The molecular weight excluding hydrogens is 372 g/mol. The molecule has 0 atom stereocenters. The Morgan fingerprint density at radius 2 is 1.83 bits per heavy atom. The monoisotopic (exact) mass is 392 g/mol. The number of carbonyl (C=O) groups is 1. The SMILES string of the molecule is COc1ccc2c(c1)c1c(c(=O)n(-c3ccccc3C)c(=O)n1CC(N)=O)n2C. The molecule has 148 valence electrons. The Labute approximate surface area is 165 Å². The minimum absolute atomic E-state index is 0.303. The lowest BCUT2D eigenvalue weighted by molar-refractivity contribution is -0.118. The lowest BCUT2D eigenvalue weighted by Gasteiger charge is -2.13. The van der Waals surface area contributed by atoms with Gasteiger partial charge in [0, 0.05) is 12.4 Å². The number of amides is 1. The van der Waals surface area contributed by atoms with E-state index in [2.05, 4.69) is 0 Å². The van der Waals surface area contributed by atoms with Crippen molar-refractivity contribution >= 4 is 27.8 Å². The number of rotatable bonds is 4. The molecule has 0 saturated carbocycles. The van der Waals surface area contributed by atoms with Gasteiger partial charge in [-0.25, -0.2) is 9.36 Å². The van der Waals surface area contributed by atoms with E-state index in [1.165, 1.54) is 11.7 Å². The number of fused-ring (bicyclic) bond motifs is 3. The lowest BCUT2D eigenvalue weighted by Crippen LogP contribution is -2.41. The van der Waals surface area contributed by atoms with Crippen molar-refractivity contribution < 1.29 is 9.53 Å². The van der Waals surface area contributed by atoms with Gasteiger partial charge in [0.25, 0.3) is 5.56 Å². The second-order valence-electron chi connectivity index (χ2n) is 6.90. The second kappa shape index (κ2) is 6.66. The van der Waals surface area contributed by atoms with Gasteiger partial charge in [-0.05, 0) is 36.8 Å². The Morgan fingerprint density at radius 1 is 1.10 bits per heavy atom. The summed E-state index contributed by atoms with van der Waals surface area (Å²) in [6.07, 6.45) is 0. The Hall–Kier alpha value is -3.81. The van der Waals surface area contributed by atoms with Crippen LogP contribution in [0.5, 0.6) is 5.75 Å². The predicted molar refractivity (Wildman–Crippen MR) is 111 cm³/mol. The molecule has 0 bridgehead atoms. The summed E-state index contributed by atoms with van der Waals surface area (Å²) in [7, 11) is 3.29. The molecule has 0 aliphatic heterocycles. The third kappa shape index (κ3) is 2.72. The Bertz CT molecular complexity index is 1410. The summed E-state index contributed by atoms with van der Waals surface area (Å²) in [5.74, 6) is -0.102. The third-order valence-corrected chi connectivity index (χ3v) is 5.15. The van der Waals surface area contributed by atoms with Crippen molar-refractivity contribution in [1.82, 2.24) is 13.7 Å². The van der Waals surface area contributed by atoms with Gasteiger partial charge >= 0.3 is 5.69 Å². The van der Waals surface area contributed by atoms with E-state index in [9.17, 15) is 14.4 Å². The van der Waals surface area contributed by atoms with E-state index in [4.69, 9.17) is 10.5 Å². The summed E-state index contributed by atoms with van der Waals surface area (Å²) in [4.78, 5) is 38.6. The van der Waals surface area contributed by atoms with Crippen LogP contribution in [0.15, 0.2) is 52.1 Å². The fraction of sp³-hybridized carbons (Fsp3) is 0.190. The molecule has 29 heavy (non-hydrogen) atoms. The molecule has 0 unspecified atom stereocenters. The number of aryl methyl sites for hydroxylation is 2. The summed E-state index contributed by atoms with van der Waals surface area (Å²) < 4.78 is 9.37. The molecule has 0 radical (unpaired) electrons. The molecule has 0 aliphatic carbocycles. The molecule has 2 aromatic heterocycles. The number of nitrogens with zero attached hydrogens (tertiary/aromatic N) is 3. The molecule has 0 saturated heterocycles. The van der Waals surface area contributed by atoms with Crippen LogP contribution in [-0.4, -0.2) is 26.7 Å². The number of hydrogen-bond donors (Lipinski definition) is 1. The van der Waals surface area contributed by atoms with Crippen molar-refractivity contribution in [2.45, 2.75) is 13.5 Å². The van der Waals surface area contributed by atoms with Crippen LogP contribution in [0.1, 0.15) is 5.56 Å². The number of nitrogens with two attached hydrogens (primary N) is 1. The van der Waals surface area contributed by atoms with Crippen molar-refractivity contribution in [1.29, 1.82) is 0 Å². The van der Waals surface area contributed by atoms with Crippen molar-refractivity contribution in [3.63, 3.8) is 0 Å². The van der Waals surface area contributed by atoms with Gasteiger partial charge in [0.15, 0.2) is 0 Å². The molecule has 8 heteroatoms. The van der Waals surface area contributed by atoms with Crippen LogP contribution in [-0.2, 0) is 18.4 Å². The van der Waals surface area contributed by atoms with Crippen molar-refractivity contribution in [2.24, 2.45) is 12.8 Å². The zero-order chi connectivity index (χ0) is 20.9. The molecule has 0 spiro atoms. The number of hydrogen-bond acceptors (Lipinski definition) is 4. The summed E-state index contributed by atoms with van der Waals surface area (Å²) in [5, 5.41) is 0.634. The van der Waals surface area contributed by atoms with Crippen LogP contribution < -0.4 is 21.7 Å². The number of aromatic nitrogens is 3. The molecule has 2 aromatic carbocycles. The van der Waals surface area contributed by atoms with Gasteiger partial charge < -0.3 is 15.0 Å². The van der Waals surface area contributed by atoms with Gasteiger partial charge in [0.2, 0.25) is 5.91 Å². The Morgan fingerprint density at radius 3 is 2.48 bits per heavy atom. The number of benzene rings is 2. The molecule has 8 nitrogen and oxygen atoms in total. The first-order valence-corrected chi connectivity index (χ1v) is 9.01.